The van der Waals surface area contributed by atoms with Crippen molar-refractivity contribution in [1.82, 2.24) is 0 Å². The van der Waals surface area contributed by atoms with Crippen LogP contribution in [0.25, 0.3) is 0 Å². The van der Waals surface area contributed by atoms with E-state index in [2.05, 4.69) is 41.2 Å². The molecule has 0 aliphatic heterocycles. The normalized spacial score (nSPS) is 48.1. The number of carbonyl (C=O) groups excluding carboxylic acids is 1. The average Bonchev–Trinajstić information content (AvgIpc) is 3.36. The molecule has 1 N–H and O–H groups in total. The van der Waals surface area contributed by atoms with Crippen molar-refractivity contribution < 1.29 is 14.7 Å². The van der Waals surface area contributed by atoms with Crippen LogP contribution in [-0.4, -0.2) is 16.9 Å². The van der Waals surface area contributed by atoms with Gasteiger partial charge in [-0.05, 0) is 116 Å². The third kappa shape index (κ3) is 2.88. The summed E-state index contributed by atoms with van der Waals surface area (Å²) in [5, 5.41) is 9.35. The van der Waals surface area contributed by atoms with Gasteiger partial charge in [0.25, 0.3) is 0 Å². The Labute approximate surface area is 207 Å². The van der Waals surface area contributed by atoms with Crippen molar-refractivity contribution in [3.63, 3.8) is 0 Å². The number of Topliss-reactive ketones (excluding diaryl/α,β-unsaturated/α-hetero) is 1. The fourth-order valence-electron chi connectivity index (χ4n) is 11.1. The van der Waals surface area contributed by atoms with Crippen molar-refractivity contribution in [2.24, 2.45) is 56.7 Å². The standard InChI is InChI=1S/C31H48O3/c1-19(21(3)26(33)34)8-9-20(2)22-12-14-29(7)24-11-10-23-27(4,5)25(32)13-15-30(23)18-31(24,30)17-16-28(22,29)6/h20-24H,1,8-18H2,2-7H3,(H,33,34). The first-order valence-corrected chi connectivity index (χ1v) is 14.2. The maximum atomic E-state index is 12.9. The molecule has 5 fully saturated rings. The molecule has 0 heterocycles. The molecule has 0 radical (unpaired) electrons. The molecule has 5 rings (SSSR count). The fraction of sp³-hybridized carbons (Fsp3) is 0.871. The molecule has 9 atom stereocenters. The number of fused-ring (bicyclic) bond motifs is 2. The minimum atomic E-state index is -0.753. The van der Waals surface area contributed by atoms with Crippen LogP contribution in [0.2, 0.25) is 0 Å². The molecule has 0 aromatic heterocycles. The van der Waals surface area contributed by atoms with Gasteiger partial charge in [0, 0.05) is 11.8 Å². The predicted octanol–water partition coefficient (Wildman–Crippen LogP) is 7.69. The quantitative estimate of drug-likeness (QED) is 0.407. The maximum absolute atomic E-state index is 12.9. The lowest BCUT2D eigenvalue weighted by Crippen LogP contribution is -2.57. The number of hydrogen-bond acceptors (Lipinski definition) is 2. The Morgan fingerprint density at radius 2 is 1.62 bits per heavy atom. The number of rotatable bonds is 6. The zero-order chi connectivity index (χ0) is 24.9. The summed E-state index contributed by atoms with van der Waals surface area (Å²) in [7, 11) is 0. The predicted molar refractivity (Wildman–Crippen MR) is 136 cm³/mol. The molecule has 34 heavy (non-hydrogen) atoms. The van der Waals surface area contributed by atoms with E-state index in [1.807, 2.05) is 0 Å². The summed E-state index contributed by atoms with van der Waals surface area (Å²) < 4.78 is 0. The highest BCUT2D eigenvalue weighted by Crippen LogP contribution is 2.88. The monoisotopic (exact) mass is 468 g/mol. The van der Waals surface area contributed by atoms with Crippen LogP contribution in [-0.2, 0) is 9.59 Å². The number of aliphatic carboxylic acids is 1. The van der Waals surface area contributed by atoms with Crippen molar-refractivity contribution >= 4 is 11.8 Å². The molecule has 0 aromatic rings. The van der Waals surface area contributed by atoms with Gasteiger partial charge in [-0.2, -0.15) is 0 Å². The SMILES string of the molecule is C=C(CCC(C)C1CCC2(C)C3CCC4C(C)(C)C(=O)CCC45CC35CCC12C)C(C)C(=O)O. The second-order valence-electron chi connectivity index (χ2n) is 14.5. The van der Waals surface area contributed by atoms with E-state index in [9.17, 15) is 14.7 Å². The van der Waals surface area contributed by atoms with E-state index in [-0.39, 0.29) is 5.41 Å². The lowest BCUT2D eigenvalue weighted by atomic mass is 9.42. The van der Waals surface area contributed by atoms with Gasteiger partial charge in [0.1, 0.15) is 5.78 Å². The van der Waals surface area contributed by atoms with Crippen LogP contribution in [0, 0.1) is 56.7 Å². The van der Waals surface area contributed by atoms with Crippen LogP contribution in [0.15, 0.2) is 12.2 Å². The van der Waals surface area contributed by atoms with Gasteiger partial charge < -0.3 is 5.11 Å². The smallest absolute Gasteiger partial charge is 0.310 e. The van der Waals surface area contributed by atoms with Crippen molar-refractivity contribution in [1.29, 1.82) is 0 Å². The summed E-state index contributed by atoms with van der Waals surface area (Å²) in [4.78, 5) is 24.2. The highest BCUT2D eigenvalue weighted by Gasteiger charge is 2.82. The van der Waals surface area contributed by atoms with Crippen LogP contribution >= 0.6 is 0 Å². The van der Waals surface area contributed by atoms with E-state index in [4.69, 9.17) is 0 Å². The van der Waals surface area contributed by atoms with Gasteiger partial charge in [0.05, 0.1) is 5.92 Å². The third-order valence-corrected chi connectivity index (χ3v) is 13.5. The molecule has 0 amide bonds. The summed E-state index contributed by atoms with van der Waals surface area (Å²) in [6.45, 7) is 18.1. The topological polar surface area (TPSA) is 54.4 Å². The lowest BCUT2D eigenvalue weighted by Gasteiger charge is -2.62. The van der Waals surface area contributed by atoms with E-state index < -0.39 is 11.9 Å². The van der Waals surface area contributed by atoms with Gasteiger partial charge >= 0.3 is 5.97 Å². The van der Waals surface area contributed by atoms with Crippen LogP contribution in [0.5, 0.6) is 0 Å². The van der Waals surface area contributed by atoms with Crippen LogP contribution in [0.1, 0.15) is 112 Å². The first-order valence-electron chi connectivity index (χ1n) is 14.2. The van der Waals surface area contributed by atoms with Gasteiger partial charge in [-0.15, -0.1) is 0 Å². The summed E-state index contributed by atoms with van der Waals surface area (Å²) in [5.41, 5.74) is 2.48. The summed E-state index contributed by atoms with van der Waals surface area (Å²) in [6.07, 6.45) is 13.2. The molecular formula is C31H48O3. The molecule has 0 aromatic carbocycles. The number of carboxylic acids is 1. The molecule has 3 nitrogen and oxygen atoms in total. The van der Waals surface area contributed by atoms with Gasteiger partial charge in [-0.1, -0.05) is 46.8 Å². The van der Waals surface area contributed by atoms with E-state index in [1.54, 1.807) is 6.92 Å². The fourth-order valence-corrected chi connectivity index (χ4v) is 11.1. The first kappa shape index (κ1) is 24.6. The van der Waals surface area contributed by atoms with Crippen LogP contribution < -0.4 is 0 Å². The lowest BCUT2D eigenvalue weighted by molar-refractivity contribution is -0.157. The van der Waals surface area contributed by atoms with E-state index in [0.717, 1.165) is 43.1 Å². The molecular weight excluding hydrogens is 420 g/mol. The van der Waals surface area contributed by atoms with Gasteiger partial charge in [-0.3, -0.25) is 9.59 Å². The van der Waals surface area contributed by atoms with E-state index in [0.29, 0.717) is 39.3 Å². The largest absolute Gasteiger partial charge is 0.481 e. The molecule has 5 aliphatic carbocycles. The molecule has 190 valence electrons. The third-order valence-electron chi connectivity index (χ3n) is 13.5. The number of carboxylic acid groups (broad SMARTS) is 1. The number of ketones is 1. The highest BCUT2D eigenvalue weighted by atomic mass is 16.4. The van der Waals surface area contributed by atoms with Crippen molar-refractivity contribution in [3.05, 3.63) is 12.2 Å². The van der Waals surface area contributed by atoms with Crippen LogP contribution in [0.3, 0.4) is 0 Å². The summed E-state index contributed by atoms with van der Waals surface area (Å²) in [6, 6.07) is 0. The van der Waals surface area contributed by atoms with Crippen molar-refractivity contribution in [2.75, 3.05) is 0 Å². The molecule has 2 spiro atoms. The minimum Gasteiger partial charge on any atom is -0.481 e. The molecule has 5 saturated carbocycles. The minimum absolute atomic E-state index is 0.128. The van der Waals surface area contributed by atoms with Gasteiger partial charge in [0.15, 0.2) is 0 Å². The Kier molecular flexibility index (Phi) is 5.38. The van der Waals surface area contributed by atoms with Crippen LogP contribution in [0.4, 0.5) is 0 Å². The Bertz CT molecular complexity index is 918. The summed E-state index contributed by atoms with van der Waals surface area (Å²) >= 11 is 0. The molecule has 9 unspecified atom stereocenters. The zero-order valence-corrected chi connectivity index (χ0v) is 22.6. The highest BCUT2D eigenvalue weighted by molar-refractivity contribution is 5.86. The summed E-state index contributed by atoms with van der Waals surface area (Å²) in [5.74, 6) is 2.07. The molecule has 0 bridgehead atoms. The second kappa shape index (κ2) is 7.45. The Morgan fingerprint density at radius 1 is 0.971 bits per heavy atom. The zero-order valence-electron chi connectivity index (χ0n) is 22.6. The number of hydrogen-bond donors (Lipinski definition) is 1. The first-order chi connectivity index (χ1) is 15.8. The Morgan fingerprint density at radius 3 is 2.29 bits per heavy atom. The number of carbonyl (C=O) groups is 2. The second-order valence-corrected chi connectivity index (χ2v) is 14.5. The molecule has 0 saturated heterocycles. The van der Waals surface area contributed by atoms with E-state index >= 15 is 0 Å². The molecule has 5 aliphatic rings. The van der Waals surface area contributed by atoms with Crippen molar-refractivity contribution in [2.45, 2.75) is 112 Å². The van der Waals surface area contributed by atoms with Gasteiger partial charge in [-0.25, -0.2) is 0 Å². The molecule has 3 heteroatoms. The Balaban J connectivity index is 1.35. The van der Waals surface area contributed by atoms with Crippen molar-refractivity contribution in [3.8, 4) is 0 Å². The Hall–Kier alpha value is -1.12. The van der Waals surface area contributed by atoms with E-state index in [1.165, 1.54) is 44.9 Å². The van der Waals surface area contributed by atoms with Gasteiger partial charge in [0.2, 0.25) is 0 Å². The maximum Gasteiger partial charge on any atom is 0.310 e. The average molecular weight is 469 g/mol.